The summed E-state index contributed by atoms with van der Waals surface area (Å²) in [6.45, 7) is 0.382. The Morgan fingerprint density at radius 1 is 1.32 bits per heavy atom. The summed E-state index contributed by atoms with van der Waals surface area (Å²) in [5, 5.41) is 8.41. The molecular formula is C13H11FN4O. The minimum absolute atomic E-state index is 0.275. The number of anilines is 3. The van der Waals surface area contributed by atoms with Crippen molar-refractivity contribution in [1.29, 1.82) is 0 Å². The molecule has 1 aromatic heterocycles. The maximum atomic E-state index is 13.1. The van der Waals surface area contributed by atoms with Crippen LogP contribution in [0.15, 0.2) is 36.5 Å². The van der Waals surface area contributed by atoms with Crippen molar-refractivity contribution in [2.24, 2.45) is 0 Å². The number of hydrogen-bond acceptors (Lipinski definition) is 3. The van der Waals surface area contributed by atoms with E-state index in [1.165, 1.54) is 12.1 Å². The summed E-state index contributed by atoms with van der Waals surface area (Å²) in [5.41, 5.74) is 2.26. The van der Waals surface area contributed by atoms with E-state index in [4.69, 9.17) is 0 Å². The van der Waals surface area contributed by atoms with Crippen LogP contribution in [0.1, 0.15) is 5.56 Å². The number of amides is 2. The van der Waals surface area contributed by atoms with Gasteiger partial charge in [-0.1, -0.05) is 6.07 Å². The van der Waals surface area contributed by atoms with E-state index in [0.29, 0.717) is 18.1 Å². The first kappa shape index (κ1) is 11.5. The Kier molecular flexibility index (Phi) is 2.75. The Morgan fingerprint density at radius 3 is 3.05 bits per heavy atom. The molecular weight excluding hydrogens is 247 g/mol. The van der Waals surface area contributed by atoms with E-state index < -0.39 is 0 Å². The summed E-state index contributed by atoms with van der Waals surface area (Å²) < 4.78 is 13.1. The molecule has 5 nitrogen and oxygen atoms in total. The van der Waals surface area contributed by atoms with Gasteiger partial charge >= 0.3 is 6.03 Å². The summed E-state index contributed by atoms with van der Waals surface area (Å²) in [7, 11) is 0. The molecule has 3 N–H and O–H groups in total. The highest BCUT2D eigenvalue weighted by atomic mass is 19.1. The highest BCUT2D eigenvalue weighted by Crippen LogP contribution is 2.27. The molecule has 1 aliphatic heterocycles. The summed E-state index contributed by atoms with van der Waals surface area (Å²) in [4.78, 5) is 15.3. The monoisotopic (exact) mass is 258 g/mol. The van der Waals surface area contributed by atoms with Crippen molar-refractivity contribution < 1.29 is 9.18 Å². The number of carbonyl (C=O) groups is 1. The molecule has 2 amide bonds. The van der Waals surface area contributed by atoms with Crippen molar-refractivity contribution in [1.82, 2.24) is 10.3 Å². The van der Waals surface area contributed by atoms with Crippen molar-refractivity contribution >= 4 is 23.2 Å². The number of nitrogens with one attached hydrogen (secondary N) is 3. The van der Waals surface area contributed by atoms with Gasteiger partial charge in [0.2, 0.25) is 0 Å². The third kappa shape index (κ3) is 2.33. The summed E-state index contributed by atoms with van der Waals surface area (Å²) in [5.74, 6) is 0.213. The second-order valence-corrected chi connectivity index (χ2v) is 4.13. The lowest BCUT2D eigenvalue weighted by molar-refractivity contribution is 0.250. The van der Waals surface area contributed by atoms with Crippen LogP contribution in [0.4, 0.5) is 26.4 Å². The largest absolute Gasteiger partial charge is 0.355 e. The molecule has 2 heterocycles. The smallest absolute Gasteiger partial charge is 0.320 e. The first-order chi connectivity index (χ1) is 9.22. The fourth-order valence-electron chi connectivity index (χ4n) is 1.94. The van der Waals surface area contributed by atoms with E-state index in [1.807, 2.05) is 0 Å². The molecule has 0 saturated carbocycles. The van der Waals surface area contributed by atoms with E-state index in [2.05, 4.69) is 20.9 Å². The predicted octanol–water partition coefficient (Wildman–Crippen LogP) is 2.60. The first-order valence-corrected chi connectivity index (χ1v) is 5.78. The SMILES string of the molecule is O=C1NCc2c(Nc3cccc(F)c3)ccnc2N1. The number of benzene rings is 1. The molecule has 19 heavy (non-hydrogen) atoms. The molecule has 3 rings (SSSR count). The van der Waals surface area contributed by atoms with Gasteiger partial charge in [-0.3, -0.25) is 5.32 Å². The average molecular weight is 258 g/mol. The Labute approximate surface area is 108 Å². The molecule has 0 spiro atoms. The molecule has 1 aliphatic rings. The number of hydrogen-bond donors (Lipinski definition) is 3. The van der Waals surface area contributed by atoms with Gasteiger partial charge in [-0.2, -0.15) is 0 Å². The normalized spacial score (nSPS) is 13.2. The average Bonchev–Trinajstić information content (AvgIpc) is 2.38. The number of halogens is 1. The van der Waals surface area contributed by atoms with Gasteiger partial charge in [-0.25, -0.2) is 14.2 Å². The molecule has 0 saturated heterocycles. The Balaban J connectivity index is 1.94. The van der Waals surface area contributed by atoms with Crippen molar-refractivity contribution in [2.75, 3.05) is 10.6 Å². The number of urea groups is 1. The number of rotatable bonds is 2. The zero-order chi connectivity index (χ0) is 13.2. The first-order valence-electron chi connectivity index (χ1n) is 5.78. The van der Waals surface area contributed by atoms with Crippen LogP contribution in [0.5, 0.6) is 0 Å². The minimum atomic E-state index is -0.306. The van der Waals surface area contributed by atoms with E-state index in [1.54, 1.807) is 24.4 Å². The van der Waals surface area contributed by atoms with Crippen LogP contribution in [-0.2, 0) is 6.54 Å². The summed E-state index contributed by atoms with van der Waals surface area (Å²) in [6.07, 6.45) is 1.59. The summed E-state index contributed by atoms with van der Waals surface area (Å²) in [6, 6.07) is 7.69. The van der Waals surface area contributed by atoms with Crippen molar-refractivity contribution in [2.45, 2.75) is 6.54 Å². The van der Waals surface area contributed by atoms with Gasteiger partial charge in [0.05, 0.1) is 6.54 Å². The van der Waals surface area contributed by atoms with Crippen molar-refractivity contribution in [3.05, 3.63) is 47.9 Å². The number of pyridine rings is 1. The highest BCUT2D eigenvalue weighted by molar-refractivity contribution is 5.92. The van der Waals surface area contributed by atoms with Gasteiger partial charge in [0, 0.05) is 23.1 Å². The molecule has 1 aromatic carbocycles. The molecule has 6 heteroatoms. The quantitative estimate of drug-likeness (QED) is 0.775. The zero-order valence-electron chi connectivity index (χ0n) is 9.90. The van der Waals surface area contributed by atoms with Crippen molar-refractivity contribution in [3.63, 3.8) is 0 Å². The second-order valence-electron chi connectivity index (χ2n) is 4.13. The maximum absolute atomic E-state index is 13.1. The molecule has 0 aliphatic carbocycles. The maximum Gasteiger partial charge on any atom is 0.320 e. The lowest BCUT2D eigenvalue weighted by Crippen LogP contribution is -2.34. The van der Waals surface area contributed by atoms with Gasteiger partial charge in [-0.05, 0) is 24.3 Å². The van der Waals surface area contributed by atoms with E-state index in [-0.39, 0.29) is 11.8 Å². The molecule has 2 aromatic rings. The van der Waals surface area contributed by atoms with Gasteiger partial charge in [-0.15, -0.1) is 0 Å². The lowest BCUT2D eigenvalue weighted by atomic mass is 10.1. The Morgan fingerprint density at radius 2 is 2.21 bits per heavy atom. The number of aromatic nitrogens is 1. The second kappa shape index (κ2) is 4.56. The van der Waals surface area contributed by atoms with Crippen LogP contribution in [0.25, 0.3) is 0 Å². The van der Waals surface area contributed by atoms with Gasteiger partial charge < -0.3 is 10.6 Å². The van der Waals surface area contributed by atoms with Gasteiger partial charge in [0.15, 0.2) is 0 Å². The van der Waals surface area contributed by atoms with Crippen LogP contribution in [-0.4, -0.2) is 11.0 Å². The number of carbonyl (C=O) groups excluding carboxylic acids is 1. The fourth-order valence-corrected chi connectivity index (χ4v) is 1.94. The number of fused-ring (bicyclic) bond motifs is 1. The van der Waals surface area contributed by atoms with Gasteiger partial charge in [0.1, 0.15) is 11.6 Å². The van der Waals surface area contributed by atoms with Crippen LogP contribution < -0.4 is 16.0 Å². The summed E-state index contributed by atoms with van der Waals surface area (Å²) >= 11 is 0. The Hall–Kier alpha value is -2.63. The highest BCUT2D eigenvalue weighted by Gasteiger charge is 2.18. The Bertz CT molecular complexity index is 644. The number of nitrogens with zero attached hydrogens (tertiary/aromatic N) is 1. The van der Waals surface area contributed by atoms with Crippen LogP contribution in [0.2, 0.25) is 0 Å². The predicted molar refractivity (Wildman–Crippen MR) is 69.8 cm³/mol. The molecule has 0 bridgehead atoms. The zero-order valence-corrected chi connectivity index (χ0v) is 9.90. The fraction of sp³-hybridized carbons (Fsp3) is 0.0769. The molecule has 0 fully saturated rings. The van der Waals surface area contributed by atoms with E-state index in [9.17, 15) is 9.18 Å². The minimum Gasteiger partial charge on any atom is -0.355 e. The van der Waals surface area contributed by atoms with Crippen LogP contribution in [0, 0.1) is 5.82 Å². The van der Waals surface area contributed by atoms with Crippen LogP contribution in [0.3, 0.4) is 0 Å². The van der Waals surface area contributed by atoms with Crippen LogP contribution >= 0.6 is 0 Å². The third-order valence-electron chi connectivity index (χ3n) is 2.82. The molecule has 0 radical (unpaired) electrons. The molecule has 0 unspecified atom stereocenters. The van der Waals surface area contributed by atoms with E-state index in [0.717, 1.165) is 11.3 Å². The lowest BCUT2D eigenvalue weighted by Gasteiger charge is -2.20. The van der Waals surface area contributed by atoms with E-state index >= 15 is 0 Å². The standard InChI is InChI=1S/C13H11FN4O/c14-8-2-1-3-9(6-8)17-11-4-5-15-12-10(11)7-16-13(19)18-12/h1-6H,7H2,(H3,15,16,17,18,19). The van der Waals surface area contributed by atoms with Crippen molar-refractivity contribution in [3.8, 4) is 0 Å². The molecule has 0 atom stereocenters. The van der Waals surface area contributed by atoms with Gasteiger partial charge in [0.25, 0.3) is 0 Å². The third-order valence-corrected chi connectivity index (χ3v) is 2.82. The molecule has 96 valence electrons. The topological polar surface area (TPSA) is 66.0 Å².